The van der Waals surface area contributed by atoms with Crippen LogP contribution in [0.2, 0.25) is 0 Å². The molecule has 0 spiro atoms. The standard InChI is InChI=1S/C11H19N2O3P/c1-4-5-7-16-8-6-12-10(14)9-13(11(12)15)17(2)3/h9H,2,4-8H2,1,3H3/p+1. The minimum atomic E-state index is -0.804. The van der Waals surface area contributed by atoms with Gasteiger partial charge in [-0.25, -0.2) is 4.79 Å². The third kappa shape index (κ3) is 3.72. The van der Waals surface area contributed by atoms with Crippen LogP contribution in [0.3, 0.4) is 0 Å². The van der Waals surface area contributed by atoms with Gasteiger partial charge in [0.15, 0.2) is 0 Å². The fraction of sp³-hybridized carbons (Fsp3) is 0.636. The van der Waals surface area contributed by atoms with Crippen molar-refractivity contribution in [1.82, 2.24) is 8.90 Å². The van der Waals surface area contributed by atoms with E-state index in [0.717, 1.165) is 12.8 Å². The Morgan fingerprint density at radius 2 is 2.24 bits per heavy atom. The fourth-order valence-electron chi connectivity index (χ4n) is 1.42. The number of aromatic nitrogens is 2. The Hall–Kier alpha value is -1.06. The number of rotatable bonds is 7. The molecule has 1 atom stereocenters. The van der Waals surface area contributed by atoms with Gasteiger partial charge in [0.1, 0.15) is 12.9 Å². The quantitative estimate of drug-likeness (QED) is 0.596. The Labute approximate surface area is 102 Å². The van der Waals surface area contributed by atoms with Crippen LogP contribution in [0.15, 0.2) is 11.0 Å². The lowest BCUT2D eigenvalue weighted by Gasteiger charge is -2.03. The number of aromatic hydroxyl groups is 1. The predicted molar refractivity (Wildman–Crippen MR) is 71.4 cm³/mol. The van der Waals surface area contributed by atoms with Crippen LogP contribution in [-0.4, -0.2) is 40.2 Å². The fourth-order valence-corrected chi connectivity index (χ4v) is 2.12. The van der Waals surface area contributed by atoms with Crippen LogP contribution >= 0.6 is 7.70 Å². The molecule has 1 aromatic heterocycles. The van der Waals surface area contributed by atoms with E-state index in [1.807, 2.05) is 6.66 Å². The molecule has 1 unspecified atom stereocenters. The van der Waals surface area contributed by atoms with Crippen LogP contribution in [0.4, 0.5) is 0 Å². The molecule has 0 aliphatic carbocycles. The SMILES string of the molecule is C=[P+](C)n1cc(O)n(CCOCCCC)c1=O. The minimum absolute atomic E-state index is 0.0212. The number of hydrogen-bond donors (Lipinski definition) is 1. The van der Waals surface area contributed by atoms with Crippen LogP contribution in [0.25, 0.3) is 0 Å². The van der Waals surface area contributed by atoms with Gasteiger partial charge in [-0.05, 0) is 6.42 Å². The number of hydrogen-bond acceptors (Lipinski definition) is 3. The highest BCUT2D eigenvalue weighted by Gasteiger charge is 2.15. The third-order valence-corrected chi connectivity index (χ3v) is 3.43. The van der Waals surface area contributed by atoms with E-state index < -0.39 is 7.70 Å². The average molecular weight is 259 g/mol. The largest absolute Gasteiger partial charge is 0.493 e. The number of unbranched alkanes of at least 4 members (excludes halogenated alkanes) is 1. The van der Waals surface area contributed by atoms with Gasteiger partial charge in [-0.2, -0.15) is 0 Å². The molecular formula is C11H20N2O3P+. The maximum Gasteiger partial charge on any atom is 0.368 e. The number of imidazole rings is 1. The Bertz CT molecular complexity index is 436. The summed E-state index contributed by atoms with van der Waals surface area (Å²) in [5.41, 5.74) is -0.217. The van der Waals surface area contributed by atoms with E-state index in [0.29, 0.717) is 19.8 Å². The summed E-state index contributed by atoms with van der Waals surface area (Å²) in [6.45, 7) is 5.47. The third-order valence-electron chi connectivity index (χ3n) is 2.41. The second kappa shape index (κ2) is 6.62. The van der Waals surface area contributed by atoms with Crippen LogP contribution < -0.4 is 5.69 Å². The van der Waals surface area contributed by atoms with Gasteiger partial charge in [0.2, 0.25) is 13.6 Å². The maximum absolute atomic E-state index is 11.8. The van der Waals surface area contributed by atoms with Gasteiger partial charge in [0, 0.05) is 6.61 Å². The second-order valence-corrected chi connectivity index (χ2v) is 5.64. The van der Waals surface area contributed by atoms with Gasteiger partial charge in [-0.1, -0.05) is 13.3 Å². The summed E-state index contributed by atoms with van der Waals surface area (Å²) >= 11 is 0. The molecule has 0 radical (unpaired) electrons. The van der Waals surface area contributed by atoms with Crippen molar-refractivity contribution in [3.05, 3.63) is 16.7 Å². The van der Waals surface area contributed by atoms with Crippen LogP contribution in [0.1, 0.15) is 19.8 Å². The first-order valence-electron chi connectivity index (χ1n) is 5.71. The van der Waals surface area contributed by atoms with Crippen molar-refractivity contribution in [1.29, 1.82) is 0 Å². The molecule has 1 rings (SSSR count). The highest BCUT2D eigenvalue weighted by atomic mass is 31.1. The van der Waals surface area contributed by atoms with Crippen LogP contribution in [-0.2, 0) is 11.3 Å². The first-order valence-corrected chi connectivity index (χ1v) is 7.64. The Kier molecular flexibility index (Phi) is 5.45. The molecule has 5 nitrogen and oxygen atoms in total. The lowest BCUT2D eigenvalue weighted by Crippen LogP contribution is -2.23. The summed E-state index contributed by atoms with van der Waals surface area (Å²) in [4.78, 5) is 11.8. The molecule has 6 heteroatoms. The second-order valence-electron chi connectivity index (χ2n) is 3.89. The number of ether oxygens (including phenoxy) is 1. The highest BCUT2D eigenvalue weighted by Crippen LogP contribution is 2.18. The van der Waals surface area contributed by atoms with Crippen molar-refractivity contribution in [2.45, 2.75) is 26.3 Å². The molecule has 17 heavy (non-hydrogen) atoms. The maximum atomic E-state index is 11.8. The minimum Gasteiger partial charge on any atom is -0.493 e. The Morgan fingerprint density at radius 3 is 2.76 bits per heavy atom. The number of nitrogens with zero attached hydrogens (tertiary/aromatic N) is 2. The molecule has 1 heterocycles. The van der Waals surface area contributed by atoms with E-state index in [-0.39, 0.29) is 11.6 Å². The van der Waals surface area contributed by atoms with E-state index in [2.05, 4.69) is 13.2 Å². The molecule has 1 N–H and O–H groups in total. The first-order chi connectivity index (χ1) is 8.07. The molecule has 0 aliphatic rings. The summed E-state index contributed by atoms with van der Waals surface area (Å²) in [6.07, 6.45) is 7.36. The Morgan fingerprint density at radius 1 is 1.53 bits per heavy atom. The molecule has 0 aliphatic heterocycles. The van der Waals surface area contributed by atoms with Crippen molar-refractivity contribution in [2.24, 2.45) is 0 Å². The van der Waals surface area contributed by atoms with Gasteiger partial charge in [-0.15, -0.1) is 4.34 Å². The lowest BCUT2D eigenvalue weighted by atomic mass is 10.4. The van der Waals surface area contributed by atoms with Crippen LogP contribution in [0.5, 0.6) is 5.88 Å². The van der Waals surface area contributed by atoms with E-state index in [4.69, 9.17) is 4.74 Å². The van der Waals surface area contributed by atoms with Gasteiger partial charge in [0.05, 0.1) is 19.5 Å². The van der Waals surface area contributed by atoms with Crippen molar-refractivity contribution in [2.75, 3.05) is 19.9 Å². The zero-order valence-corrected chi connectivity index (χ0v) is 11.3. The molecule has 0 aromatic carbocycles. The lowest BCUT2D eigenvalue weighted by molar-refractivity contribution is 0.121. The smallest absolute Gasteiger partial charge is 0.368 e. The van der Waals surface area contributed by atoms with Gasteiger partial charge < -0.3 is 9.84 Å². The van der Waals surface area contributed by atoms with Gasteiger partial charge >= 0.3 is 5.69 Å². The van der Waals surface area contributed by atoms with Gasteiger partial charge in [0.25, 0.3) is 0 Å². The van der Waals surface area contributed by atoms with E-state index in [1.54, 1.807) is 0 Å². The monoisotopic (exact) mass is 259 g/mol. The first kappa shape index (κ1) is 14.0. The van der Waals surface area contributed by atoms with Crippen molar-refractivity contribution < 1.29 is 9.84 Å². The summed E-state index contributed by atoms with van der Waals surface area (Å²) in [7, 11) is -0.804. The molecule has 0 amide bonds. The summed E-state index contributed by atoms with van der Waals surface area (Å²) in [5, 5.41) is 9.63. The molecular weight excluding hydrogens is 239 g/mol. The van der Waals surface area contributed by atoms with Crippen molar-refractivity contribution in [3.63, 3.8) is 0 Å². The van der Waals surface area contributed by atoms with E-state index >= 15 is 0 Å². The van der Waals surface area contributed by atoms with Crippen molar-refractivity contribution in [3.8, 4) is 5.88 Å². The van der Waals surface area contributed by atoms with Gasteiger partial charge in [-0.3, -0.25) is 4.57 Å². The Balaban J connectivity index is 2.59. The van der Waals surface area contributed by atoms with Crippen LogP contribution in [0, 0.1) is 0 Å². The molecule has 0 saturated heterocycles. The summed E-state index contributed by atoms with van der Waals surface area (Å²) in [5.74, 6) is -0.0212. The molecule has 0 bridgehead atoms. The topological polar surface area (TPSA) is 56.4 Å². The molecule has 96 valence electrons. The highest BCUT2D eigenvalue weighted by molar-refractivity contribution is 7.53. The molecule has 0 fully saturated rings. The normalized spacial score (nSPS) is 11.8. The average Bonchev–Trinajstić information content (AvgIpc) is 2.56. The van der Waals surface area contributed by atoms with E-state index in [9.17, 15) is 9.90 Å². The summed E-state index contributed by atoms with van der Waals surface area (Å²) in [6, 6.07) is 0. The molecule has 0 saturated carbocycles. The van der Waals surface area contributed by atoms with E-state index in [1.165, 1.54) is 15.1 Å². The molecule has 1 aromatic rings. The zero-order chi connectivity index (χ0) is 12.8. The van der Waals surface area contributed by atoms with Crippen molar-refractivity contribution >= 4 is 14.0 Å². The zero-order valence-electron chi connectivity index (χ0n) is 10.4. The summed E-state index contributed by atoms with van der Waals surface area (Å²) < 4.78 is 8.15. The predicted octanol–water partition coefficient (Wildman–Crippen LogP) is 1.48.